The molecule has 0 aliphatic rings. The Bertz CT molecular complexity index is 801. The summed E-state index contributed by atoms with van der Waals surface area (Å²) in [6, 6.07) is 14.6. The predicted molar refractivity (Wildman–Crippen MR) is 88.5 cm³/mol. The van der Waals surface area contributed by atoms with Gasteiger partial charge >= 0.3 is 0 Å². The van der Waals surface area contributed by atoms with Gasteiger partial charge in [-0.1, -0.05) is 36.4 Å². The molecule has 0 saturated heterocycles. The number of methoxy groups -OCH3 is 1. The van der Waals surface area contributed by atoms with Crippen LogP contribution >= 0.6 is 0 Å². The van der Waals surface area contributed by atoms with Gasteiger partial charge in [0.1, 0.15) is 11.6 Å². The van der Waals surface area contributed by atoms with Gasteiger partial charge in [0.05, 0.1) is 7.11 Å². The summed E-state index contributed by atoms with van der Waals surface area (Å²) in [5.74, 6) is 1.78. The fourth-order valence-electron chi connectivity index (χ4n) is 2.58. The van der Waals surface area contributed by atoms with Gasteiger partial charge in [-0.3, -0.25) is 0 Å². The van der Waals surface area contributed by atoms with Crippen LogP contribution < -0.4 is 4.74 Å². The van der Waals surface area contributed by atoms with Crippen LogP contribution in [0.25, 0.3) is 0 Å². The largest absolute Gasteiger partial charge is 0.496 e. The highest BCUT2D eigenvalue weighted by atomic mass is 19.1. The highest BCUT2D eigenvalue weighted by Crippen LogP contribution is 2.19. The first-order chi connectivity index (χ1) is 11.8. The van der Waals surface area contributed by atoms with E-state index < -0.39 is 0 Å². The van der Waals surface area contributed by atoms with Crippen molar-refractivity contribution in [2.24, 2.45) is 0 Å². The van der Waals surface area contributed by atoms with Crippen LogP contribution in [-0.4, -0.2) is 17.3 Å². The number of benzene rings is 2. The lowest BCUT2D eigenvalue weighted by atomic mass is 10.1. The topological polar surface area (TPSA) is 48.2 Å². The summed E-state index contributed by atoms with van der Waals surface area (Å²) in [7, 11) is 1.66. The van der Waals surface area contributed by atoms with E-state index in [9.17, 15) is 4.39 Å². The fourth-order valence-corrected chi connectivity index (χ4v) is 2.58. The predicted octanol–water partition coefficient (Wildman–Crippen LogP) is 3.79. The van der Waals surface area contributed by atoms with Gasteiger partial charge in [0.2, 0.25) is 11.8 Å². The van der Waals surface area contributed by atoms with Crippen molar-refractivity contribution in [1.29, 1.82) is 0 Å². The number of aryl methyl sites for hydroxylation is 4. The van der Waals surface area contributed by atoms with Crippen LogP contribution in [0.15, 0.2) is 52.9 Å². The zero-order valence-electron chi connectivity index (χ0n) is 13.5. The maximum absolute atomic E-state index is 13.6. The Labute approximate surface area is 140 Å². The van der Waals surface area contributed by atoms with Gasteiger partial charge in [0.15, 0.2) is 0 Å². The van der Waals surface area contributed by atoms with Crippen LogP contribution in [0.1, 0.15) is 22.9 Å². The van der Waals surface area contributed by atoms with Crippen LogP contribution in [0.3, 0.4) is 0 Å². The number of nitrogens with zero attached hydrogens (tertiary/aromatic N) is 2. The number of hydrogen-bond donors (Lipinski definition) is 0. The van der Waals surface area contributed by atoms with E-state index in [0.717, 1.165) is 17.7 Å². The van der Waals surface area contributed by atoms with Gasteiger partial charge < -0.3 is 9.15 Å². The first-order valence-electron chi connectivity index (χ1n) is 7.93. The van der Waals surface area contributed by atoms with Crippen molar-refractivity contribution >= 4 is 0 Å². The Hall–Kier alpha value is -2.69. The van der Waals surface area contributed by atoms with E-state index in [1.54, 1.807) is 19.2 Å². The van der Waals surface area contributed by atoms with Crippen LogP contribution in [0, 0.1) is 5.82 Å². The zero-order valence-corrected chi connectivity index (χ0v) is 13.5. The van der Waals surface area contributed by atoms with Crippen LogP contribution in [0.4, 0.5) is 4.39 Å². The standard InChI is InChI=1S/C19H19FN2O2/c1-23-17-9-5-3-7-15(17)11-13-19-22-21-18(24-19)12-10-14-6-2-4-8-16(14)20/h2-9H,10-13H2,1H3. The Balaban J connectivity index is 1.57. The Morgan fingerprint density at radius 3 is 2.08 bits per heavy atom. The maximum atomic E-state index is 13.6. The van der Waals surface area contributed by atoms with Gasteiger partial charge in [-0.2, -0.15) is 0 Å². The third kappa shape index (κ3) is 3.98. The van der Waals surface area contributed by atoms with Crippen molar-refractivity contribution in [2.45, 2.75) is 25.7 Å². The van der Waals surface area contributed by atoms with Crippen molar-refractivity contribution < 1.29 is 13.5 Å². The molecule has 5 heteroatoms. The van der Waals surface area contributed by atoms with E-state index in [2.05, 4.69) is 10.2 Å². The van der Waals surface area contributed by atoms with E-state index in [1.165, 1.54) is 6.07 Å². The minimum absolute atomic E-state index is 0.201. The average molecular weight is 326 g/mol. The molecule has 0 radical (unpaired) electrons. The van der Waals surface area contributed by atoms with Gasteiger partial charge in [0, 0.05) is 12.8 Å². The smallest absolute Gasteiger partial charge is 0.216 e. The molecular weight excluding hydrogens is 307 g/mol. The van der Waals surface area contributed by atoms with Crippen molar-refractivity contribution in [3.8, 4) is 5.75 Å². The van der Waals surface area contributed by atoms with E-state index in [1.807, 2.05) is 30.3 Å². The Morgan fingerprint density at radius 1 is 0.833 bits per heavy atom. The molecule has 0 saturated carbocycles. The number of ether oxygens (including phenoxy) is 1. The van der Waals surface area contributed by atoms with Gasteiger partial charge in [0.25, 0.3) is 0 Å². The second-order valence-electron chi connectivity index (χ2n) is 5.49. The van der Waals surface area contributed by atoms with Crippen LogP contribution in [-0.2, 0) is 25.7 Å². The molecule has 2 aromatic carbocycles. The molecular formula is C19H19FN2O2. The first-order valence-corrected chi connectivity index (χ1v) is 7.93. The number of para-hydroxylation sites is 1. The molecule has 3 rings (SSSR count). The average Bonchev–Trinajstić information content (AvgIpc) is 3.07. The van der Waals surface area contributed by atoms with Gasteiger partial charge in [-0.05, 0) is 36.1 Å². The molecule has 124 valence electrons. The lowest BCUT2D eigenvalue weighted by molar-refractivity contribution is 0.407. The SMILES string of the molecule is COc1ccccc1CCc1nnc(CCc2ccccc2F)o1. The second kappa shape index (κ2) is 7.73. The molecule has 3 aromatic rings. The second-order valence-corrected chi connectivity index (χ2v) is 5.49. The lowest BCUT2D eigenvalue weighted by Crippen LogP contribution is -1.95. The quantitative estimate of drug-likeness (QED) is 0.663. The summed E-state index contributed by atoms with van der Waals surface area (Å²) in [5.41, 5.74) is 1.76. The minimum atomic E-state index is -0.201. The highest BCUT2D eigenvalue weighted by molar-refractivity contribution is 5.33. The zero-order chi connectivity index (χ0) is 16.8. The highest BCUT2D eigenvalue weighted by Gasteiger charge is 2.09. The minimum Gasteiger partial charge on any atom is -0.496 e. The van der Waals surface area contributed by atoms with E-state index >= 15 is 0 Å². The van der Waals surface area contributed by atoms with Crippen molar-refractivity contribution in [3.63, 3.8) is 0 Å². The Kier molecular flexibility index (Phi) is 5.21. The van der Waals surface area contributed by atoms with Crippen LogP contribution in [0.5, 0.6) is 5.75 Å². The lowest BCUT2D eigenvalue weighted by Gasteiger charge is -2.06. The fraction of sp³-hybridized carbons (Fsp3) is 0.263. The van der Waals surface area contributed by atoms with Crippen molar-refractivity contribution in [2.75, 3.05) is 7.11 Å². The summed E-state index contributed by atoms with van der Waals surface area (Å²) in [6.07, 6.45) is 2.48. The summed E-state index contributed by atoms with van der Waals surface area (Å²) in [5, 5.41) is 8.12. The molecule has 0 spiro atoms. The molecule has 0 aliphatic heterocycles. The van der Waals surface area contributed by atoms with E-state index in [0.29, 0.717) is 36.6 Å². The van der Waals surface area contributed by atoms with E-state index in [-0.39, 0.29) is 5.82 Å². The number of halogens is 1. The summed E-state index contributed by atoms with van der Waals surface area (Å²) in [4.78, 5) is 0. The summed E-state index contributed by atoms with van der Waals surface area (Å²) >= 11 is 0. The summed E-state index contributed by atoms with van der Waals surface area (Å²) in [6.45, 7) is 0. The molecule has 0 amide bonds. The molecule has 0 aliphatic carbocycles. The van der Waals surface area contributed by atoms with Gasteiger partial charge in [-0.15, -0.1) is 10.2 Å². The van der Waals surface area contributed by atoms with Crippen LogP contribution in [0.2, 0.25) is 0 Å². The molecule has 1 heterocycles. The molecule has 24 heavy (non-hydrogen) atoms. The monoisotopic (exact) mass is 326 g/mol. The van der Waals surface area contributed by atoms with Gasteiger partial charge in [-0.25, -0.2) is 4.39 Å². The third-order valence-electron chi connectivity index (χ3n) is 3.88. The molecule has 0 fully saturated rings. The molecule has 0 bridgehead atoms. The molecule has 4 nitrogen and oxygen atoms in total. The molecule has 0 unspecified atom stereocenters. The third-order valence-corrected chi connectivity index (χ3v) is 3.88. The van der Waals surface area contributed by atoms with Crippen molar-refractivity contribution in [1.82, 2.24) is 10.2 Å². The molecule has 0 atom stereocenters. The number of hydrogen-bond acceptors (Lipinski definition) is 4. The van der Waals surface area contributed by atoms with Crippen molar-refractivity contribution in [3.05, 3.63) is 77.3 Å². The maximum Gasteiger partial charge on any atom is 0.216 e. The van der Waals surface area contributed by atoms with E-state index in [4.69, 9.17) is 9.15 Å². The first kappa shape index (κ1) is 16.2. The summed E-state index contributed by atoms with van der Waals surface area (Å²) < 4.78 is 24.6. The Morgan fingerprint density at radius 2 is 1.42 bits per heavy atom. The molecule has 0 N–H and O–H groups in total. The number of aromatic nitrogens is 2. The normalized spacial score (nSPS) is 10.8. The number of rotatable bonds is 7. The molecule has 1 aromatic heterocycles.